The summed E-state index contributed by atoms with van der Waals surface area (Å²) in [6.07, 6.45) is 1.19. The third-order valence-corrected chi connectivity index (χ3v) is 2.35. The molecule has 0 spiro atoms. The van der Waals surface area contributed by atoms with Crippen molar-refractivity contribution in [1.29, 1.82) is 0 Å². The summed E-state index contributed by atoms with van der Waals surface area (Å²) in [6, 6.07) is 10.9. The van der Waals surface area contributed by atoms with E-state index in [1.54, 1.807) is 0 Å². The predicted octanol–water partition coefficient (Wildman–Crippen LogP) is 1.94. The Bertz CT molecular complexity index is 555. The van der Waals surface area contributed by atoms with E-state index in [1.165, 1.54) is 12.3 Å². The highest BCUT2D eigenvalue weighted by atomic mass is 16.5. The molecule has 0 saturated heterocycles. The molecule has 2 rings (SSSR count). The molecule has 1 heterocycles. The van der Waals surface area contributed by atoms with Crippen LogP contribution in [0.1, 0.15) is 15.9 Å². The number of nitrogens with two attached hydrogens (primary N) is 1. The number of ether oxygens (including phenoxy) is 1. The number of hydrogen-bond acceptors (Lipinski definition) is 4. The zero-order valence-electron chi connectivity index (χ0n) is 9.54. The fourth-order valence-electron chi connectivity index (χ4n) is 1.47. The molecular formula is C13H12N2O3. The average Bonchev–Trinajstić information content (AvgIpc) is 2.37. The SMILES string of the molecule is Nc1cc(OCc2ccccc2)c(C(=O)O)cn1. The van der Waals surface area contributed by atoms with Gasteiger partial charge >= 0.3 is 5.97 Å². The summed E-state index contributed by atoms with van der Waals surface area (Å²) in [7, 11) is 0. The van der Waals surface area contributed by atoms with Crippen molar-refractivity contribution in [3.63, 3.8) is 0 Å². The Morgan fingerprint density at radius 2 is 2.06 bits per heavy atom. The topological polar surface area (TPSA) is 85.4 Å². The quantitative estimate of drug-likeness (QED) is 0.858. The first-order chi connectivity index (χ1) is 8.66. The van der Waals surface area contributed by atoms with Crippen molar-refractivity contribution in [3.8, 4) is 5.75 Å². The molecule has 18 heavy (non-hydrogen) atoms. The molecule has 0 atom stereocenters. The third kappa shape index (κ3) is 2.76. The first kappa shape index (κ1) is 11.9. The summed E-state index contributed by atoms with van der Waals surface area (Å²) in [5.74, 6) is -0.646. The molecule has 92 valence electrons. The van der Waals surface area contributed by atoms with Crippen molar-refractivity contribution < 1.29 is 14.6 Å². The number of rotatable bonds is 4. The van der Waals surface area contributed by atoms with Crippen molar-refractivity contribution in [2.75, 3.05) is 5.73 Å². The van der Waals surface area contributed by atoms with E-state index < -0.39 is 5.97 Å². The van der Waals surface area contributed by atoms with E-state index in [2.05, 4.69) is 4.98 Å². The van der Waals surface area contributed by atoms with Crippen LogP contribution in [0.25, 0.3) is 0 Å². The molecule has 5 heteroatoms. The number of nitrogens with zero attached hydrogens (tertiary/aromatic N) is 1. The van der Waals surface area contributed by atoms with Crippen LogP contribution < -0.4 is 10.5 Å². The van der Waals surface area contributed by atoms with E-state index in [0.717, 1.165) is 5.56 Å². The minimum Gasteiger partial charge on any atom is -0.488 e. The van der Waals surface area contributed by atoms with Gasteiger partial charge in [-0.3, -0.25) is 0 Å². The highest BCUT2D eigenvalue weighted by molar-refractivity contribution is 5.90. The zero-order chi connectivity index (χ0) is 13.0. The van der Waals surface area contributed by atoms with Gasteiger partial charge in [0.2, 0.25) is 0 Å². The summed E-state index contributed by atoms with van der Waals surface area (Å²) >= 11 is 0. The second kappa shape index (κ2) is 5.18. The monoisotopic (exact) mass is 244 g/mol. The van der Waals surface area contributed by atoms with Gasteiger partial charge in [0.15, 0.2) is 0 Å². The number of carboxylic acids is 1. The fourth-order valence-corrected chi connectivity index (χ4v) is 1.47. The Kier molecular flexibility index (Phi) is 3.43. The Labute approximate surface area is 104 Å². The third-order valence-electron chi connectivity index (χ3n) is 2.35. The summed E-state index contributed by atoms with van der Waals surface area (Å²) < 4.78 is 5.46. The molecular weight excluding hydrogens is 232 g/mol. The molecule has 0 unspecified atom stereocenters. The second-order valence-electron chi connectivity index (χ2n) is 3.68. The first-order valence-corrected chi connectivity index (χ1v) is 5.32. The number of anilines is 1. The van der Waals surface area contributed by atoms with Crippen LogP contribution in [-0.4, -0.2) is 16.1 Å². The molecule has 1 aromatic heterocycles. The van der Waals surface area contributed by atoms with Gasteiger partial charge in [-0.1, -0.05) is 30.3 Å². The molecule has 1 aromatic carbocycles. The molecule has 0 aliphatic carbocycles. The number of nitrogen functional groups attached to an aromatic ring is 1. The van der Waals surface area contributed by atoms with Crippen LogP contribution in [-0.2, 0) is 6.61 Å². The average molecular weight is 244 g/mol. The lowest BCUT2D eigenvalue weighted by molar-refractivity contribution is 0.0691. The van der Waals surface area contributed by atoms with E-state index >= 15 is 0 Å². The maximum absolute atomic E-state index is 11.0. The Balaban J connectivity index is 2.18. The highest BCUT2D eigenvalue weighted by Gasteiger charge is 2.12. The molecule has 0 aliphatic rings. The summed E-state index contributed by atoms with van der Waals surface area (Å²) in [6.45, 7) is 0.282. The van der Waals surface area contributed by atoms with Crippen LogP contribution in [0.5, 0.6) is 5.75 Å². The number of carbonyl (C=O) groups is 1. The largest absolute Gasteiger partial charge is 0.488 e. The smallest absolute Gasteiger partial charge is 0.341 e. The molecule has 0 aliphatic heterocycles. The minimum atomic E-state index is -1.09. The summed E-state index contributed by atoms with van der Waals surface area (Å²) in [5, 5.41) is 8.99. The van der Waals surface area contributed by atoms with E-state index in [4.69, 9.17) is 15.6 Å². The number of hydrogen-bond donors (Lipinski definition) is 2. The van der Waals surface area contributed by atoms with E-state index in [-0.39, 0.29) is 23.7 Å². The molecule has 2 aromatic rings. The molecule has 0 saturated carbocycles. The van der Waals surface area contributed by atoms with Gasteiger partial charge in [0.1, 0.15) is 23.7 Å². The van der Waals surface area contributed by atoms with Crippen LogP contribution in [0.2, 0.25) is 0 Å². The van der Waals surface area contributed by atoms with Crippen LogP contribution in [0.3, 0.4) is 0 Å². The fraction of sp³-hybridized carbons (Fsp3) is 0.0769. The van der Waals surface area contributed by atoms with E-state index in [0.29, 0.717) is 0 Å². The first-order valence-electron chi connectivity index (χ1n) is 5.32. The Morgan fingerprint density at radius 1 is 1.33 bits per heavy atom. The lowest BCUT2D eigenvalue weighted by Crippen LogP contribution is -2.05. The second-order valence-corrected chi connectivity index (χ2v) is 3.68. The maximum Gasteiger partial charge on any atom is 0.341 e. The number of benzene rings is 1. The van der Waals surface area contributed by atoms with Crippen molar-refractivity contribution in [2.24, 2.45) is 0 Å². The number of pyridine rings is 1. The molecule has 0 radical (unpaired) electrons. The number of aromatic carboxylic acids is 1. The highest BCUT2D eigenvalue weighted by Crippen LogP contribution is 2.21. The molecule has 3 N–H and O–H groups in total. The van der Waals surface area contributed by atoms with Gasteiger partial charge in [0.25, 0.3) is 0 Å². The molecule has 0 bridgehead atoms. The van der Waals surface area contributed by atoms with Gasteiger partial charge < -0.3 is 15.6 Å². The number of aromatic nitrogens is 1. The van der Waals surface area contributed by atoms with Crippen LogP contribution >= 0.6 is 0 Å². The van der Waals surface area contributed by atoms with Gasteiger partial charge in [-0.2, -0.15) is 0 Å². The van der Waals surface area contributed by atoms with Crippen LogP contribution in [0.4, 0.5) is 5.82 Å². The van der Waals surface area contributed by atoms with Crippen LogP contribution in [0.15, 0.2) is 42.6 Å². The van der Waals surface area contributed by atoms with E-state index in [9.17, 15) is 4.79 Å². The van der Waals surface area contributed by atoms with Crippen molar-refractivity contribution in [2.45, 2.75) is 6.61 Å². The van der Waals surface area contributed by atoms with Crippen molar-refractivity contribution >= 4 is 11.8 Å². The van der Waals surface area contributed by atoms with Crippen LogP contribution in [0, 0.1) is 0 Å². The van der Waals surface area contributed by atoms with E-state index in [1.807, 2.05) is 30.3 Å². The molecule has 0 fully saturated rings. The Hall–Kier alpha value is -2.56. The van der Waals surface area contributed by atoms with Gasteiger partial charge in [-0.25, -0.2) is 9.78 Å². The van der Waals surface area contributed by atoms with Gasteiger partial charge in [0, 0.05) is 12.3 Å². The summed E-state index contributed by atoms with van der Waals surface area (Å²) in [4.78, 5) is 14.7. The van der Waals surface area contributed by atoms with Gasteiger partial charge in [-0.15, -0.1) is 0 Å². The predicted molar refractivity (Wildman–Crippen MR) is 66.4 cm³/mol. The normalized spacial score (nSPS) is 10.0. The molecule has 0 amide bonds. The molecule has 5 nitrogen and oxygen atoms in total. The standard InChI is InChI=1S/C13H12N2O3/c14-12-6-11(10(7-15-12)13(16)17)18-8-9-4-2-1-3-5-9/h1-7H,8H2,(H2,14,15)(H,16,17). The lowest BCUT2D eigenvalue weighted by Gasteiger charge is -2.09. The minimum absolute atomic E-state index is 0.000121. The Morgan fingerprint density at radius 3 is 2.72 bits per heavy atom. The summed E-state index contributed by atoms with van der Waals surface area (Å²) in [5.41, 5.74) is 6.46. The maximum atomic E-state index is 11.0. The lowest BCUT2D eigenvalue weighted by atomic mass is 10.2. The van der Waals surface area contributed by atoms with Gasteiger partial charge in [0.05, 0.1) is 0 Å². The van der Waals surface area contributed by atoms with Crippen molar-refractivity contribution in [1.82, 2.24) is 4.98 Å². The zero-order valence-corrected chi connectivity index (χ0v) is 9.54. The van der Waals surface area contributed by atoms with Crippen molar-refractivity contribution in [3.05, 3.63) is 53.7 Å². The van der Waals surface area contributed by atoms with Gasteiger partial charge in [-0.05, 0) is 5.56 Å². The number of carboxylic acid groups (broad SMARTS) is 1.